The molecule has 2 rings (SSSR count). The number of hydrogen-bond donors (Lipinski definition) is 7. The third kappa shape index (κ3) is 4.05. The number of rotatable bonds is 8. The molecule has 0 aromatic heterocycles. The number of hydrogen-bond acceptors (Lipinski definition) is 9. The third-order valence-corrected chi connectivity index (χ3v) is 4.86. The summed E-state index contributed by atoms with van der Waals surface area (Å²) < 4.78 is 5.33. The molecule has 1 aromatic carbocycles. The van der Waals surface area contributed by atoms with Crippen LogP contribution in [0.5, 0.6) is 0 Å². The van der Waals surface area contributed by atoms with E-state index in [0.29, 0.717) is 25.7 Å². The molecule has 1 fully saturated rings. The summed E-state index contributed by atoms with van der Waals surface area (Å²) >= 11 is 0. The van der Waals surface area contributed by atoms with Crippen molar-refractivity contribution in [3.05, 3.63) is 35.9 Å². The van der Waals surface area contributed by atoms with Gasteiger partial charge in [0.25, 0.3) is 17.4 Å². The lowest BCUT2D eigenvalue weighted by atomic mass is 9.86. The van der Waals surface area contributed by atoms with Crippen molar-refractivity contribution in [2.45, 2.75) is 61.7 Å². The van der Waals surface area contributed by atoms with Gasteiger partial charge < -0.3 is 40.5 Å². The molecule has 2 unspecified atom stereocenters. The molecule has 0 bridgehead atoms. The van der Waals surface area contributed by atoms with E-state index in [-0.39, 0.29) is 5.56 Å². The molecule has 0 heterocycles. The van der Waals surface area contributed by atoms with Gasteiger partial charge in [0.2, 0.25) is 5.78 Å². The Hall–Kier alpha value is -1.43. The monoisotopic (exact) mass is 386 g/mol. The first-order valence-electron chi connectivity index (χ1n) is 8.76. The fraction of sp³-hybridized carbons (Fsp3) is 0.611. The molecule has 152 valence electrons. The van der Waals surface area contributed by atoms with Crippen LogP contribution in [0.15, 0.2) is 30.3 Å². The first-order chi connectivity index (χ1) is 12.6. The van der Waals surface area contributed by atoms with Gasteiger partial charge in [-0.25, -0.2) is 0 Å². The smallest absolute Gasteiger partial charge is 0.293 e. The molecule has 0 spiro atoms. The van der Waals surface area contributed by atoms with Gasteiger partial charge in [0.15, 0.2) is 0 Å². The van der Waals surface area contributed by atoms with Crippen molar-refractivity contribution in [2.75, 3.05) is 6.61 Å². The van der Waals surface area contributed by atoms with Gasteiger partial charge in [-0.3, -0.25) is 4.79 Å². The summed E-state index contributed by atoms with van der Waals surface area (Å²) in [4.78, 5) is 12.9. The highest BCUT2D eigenvalue weighted by Crippen LogP contribution is 2.38. The molecule has 0 saturated heterocycles. The standard InChI is InChI=1S/C18H26O9/c19-11-14(20)16(22,23)18(25,26)17(24,27-13-9-5-2-6-10-13)15(21)12-7-3-1-4-8-12/h1,3-4,7-8,13-14,19-20,22-26H,2,5-6,9-11H2. The zero-order valence-electron chi connectivity index (χ0n) is 14.7. The Morgan fingerprint density at radius 1 is 1.04 bits per heavy atom. The zero-order valence-corrected chi connectivity index (χ0v) is 14.7. The molecule has 0 amide bonds. The molecule has 27 heavy (non-hydrogen) atoms. The van der Waals surface area contributed by atoms with Crippen LogP contribution < -0.4 is 0 Å². The Bertz CT molecular complexity index is 625. The molecule has 9 nitrogen and oxygen atoms in total. The van der Waals surface area contributed by atoms with E-state index in [4.69, 9.17) is 9.84 Å². The molecule has 7 N–H and O–H groups in total. The maximum Gasteiger partial charge on any atom is 0.293 e. The van der Waals surface area contributed by atoms with Crippen molar-refractivity contribution in [2.24, 2.45) is 0 Å². The molecule has 1 aromatic rings. The van der Waals surface area contributed by atoms with Crippen LogP contribution in [0.1, 0.15) is 42.5 Å². The molecule has 9 heteroatoms. The summed E-state index contributed by atoms with van der Waals surface area (Å²) in [6.07, 6.45) is -0.101. The predicted octanol–water partition coefficient (Wildman–Crippen LogP) is -1.38. The molecule has 2 atom stereocenters. The molecule has 1 aliphatic carbocycles. The topological polar surface area (TPSA) is 168 Å². The predicted molar refractivity (Wildman–Crippen MR) is 91.1 cm³/mol. The van der Waals surface area contributed by atoms with Crippen LogP contribution >= 0.6 is 0 Å². The van der Waals surface area contributed by atoms with Crippen LogP contribution in [0.4, 0.5) is 0 Å². The lowest BCUT2D eigenvalue weighted by Crippen LogP contribution is -2.76. The van der Waals surface area contributed by atoms with Crippen LogP contribution in [0.2, 0.25) is 0 Å². The van der Waals surface area contributed by atoms with E-state index >= 15 is 0 Å². The minimum atomic E-state index is -4.06. The van der Waals surface area contributed by atoms with Crippen molar-refractivity contribution in [3.8, 4) is 0 Å². The van der Waals surface area contributed by atoms with Gasteiger partial charge in [-0.05, 0) is 12.8 Å². The van der Waals surface area contributed by atoms with Crippen LogP contribution in [0.25, 0.3) is 0 Å². The van der Waals surface area contributed by atoms with E-state index in [9.17, 15) is 35.4 Å². The van der Waals surface area contributed by atoms with Gasteiger partial charge in [-0.2, -0.15) is 0 Å². The second-order valence-corrected chi connectivity index (χ2v) is 6.81. The average Bonchev–Trinajstić information content (AvgIpc) is 2.67. The van der Waals surface area contributed by atoms with Crippen molar-refractivity contribution >= 4 is 5.78 Å². The van der Waals surface area contributed by atoms with Crippen molar-refractivity contribution in [1.82, 2.24) is 0 Å². The summed E-state index contributed by atoms with van der Waals surface area (Å²) in [5.41, 5.74) is -0.183. The second kappa shape index (κ2) is 8.29. The van der Waals surface area contributed by atoms with Crippen molar-refractivity contribution in [3.63, 3.8) is 0 Å². The fourth-order valence-electron chi connectivity index (χ4n) is 3.11. The largest absolute Gasteiger partial charge is 0.393 e. The molecular formula is C18H26O9. The molecular weight excluding hydrogens is 360 g/mol. The molecule has 0 radical (unpaired) electrons. The Morgan fingerprint density at radius 2 is 1.59 bits per heavy atom. The number of aliphatic hydroxyl groups excluding tert-OH is 2. The summed E-state index contributed by atoms with van der Waals surface area (Å²) in [5, 5.41) is 70.4. The Labute approximate surface area is 156 Å². The maximum absolute atomic E-state index is 12.9. The maximum atomic E-state index is 12.9. The van der Waals surface area contributed by atoms with Gasteiger partial charge in [0.1, 0.15) is 6.10 Å². The fourth-order valence-corrected chi connectivity index (χ4v) is 3.11. The first kappa shape index (κ1) is 21.9. The average molecular weight is 386 g/mol. The Balaban J connectivity index is 2.49. The van der Waals surface area contributed by atoms with Crippen LogP contribution in [0.3, 0.4) is 0 Å². The van der Waals surface area contributed by atoms with E-state index in [0.717, 1.165) is 6.42 Å². The number of carbonyl (C=O) groups is 1. The SMILES string of the molecule is O=C(c1ccccc1)C(O)(OC1CCCCC1)C(O)(O)C(O)(O)C(O)CO. The number of aliphatic hydroxyl groups is 7. The highest BCUT2D eigenvalue weighted by atomic mass is 16.7. The number of carbonyl (C=O) groups excluding carboxylic acids is 1. The quantitative estimate of drug-likeness (QED) is 0.210. The Kier molecular flexibility index (Phi) is 6.72. The van der Waals surface area contributed by atoms with Gasteiger partial charge in [0, 0.05) is 5.56 Å². The molecule has 1 saturated carbocycles. The second-order valence-electron chi connectivity index (χ2n) is 6.81. The summed E-state index contributed by atoms with van der Waals surface area (Å²) in [6, 6.07) is 7.04. The number of ether oxygens (including phenoxy) is 1. The normalized spacial score (nSPS) is 20.1. The van der Waals surface area contributed by atoms with E-state index in [1.165, 1.54) is 24.3 Å². The van der Waals surface area contributed by atoms with Crippen molar-refractivity contribution < 1.29 is 45.3 Å². The number of ketones is 1. The van der Waals surface area contributed by atoms with Gasteiger partial charge >= 0.3 is 0 Å². The Morgan fingerprint density at radius 3 is 2.11 bits per heavy atom. The van der Waals surface area contributed by atoms with Crippen LogP contribution in [-0.4, -0.2) is 77.7 Å². The van der Waals surface area contributed by atoms with Gasteiger partial charge in [-0.1, -0.05) is 49.6 Å². The first-order valence-corrected chi connectivity index (χ1v) is 8.76. The van der Waals surface area contributed by atoms with E-state index in [1.54, 1.807) is 6.07 Å². The highest BCUT2D eigenvalue weighted by molar-refractivity contribution is 6.02. The summed E-state index contributed by atoms with van der Waals surface area (Å²) in [5.74, 6) is -12.8. The summed E-state index contributed by atoms with van der Waals surface area (Å²) in [7, 11) is 0. The highest BCUT2D eigenvalue weighted by Gasteiger charge is 2.69. The van der Waals surface area contributed by atoms with E-state index < -0.39 is 42.0 Å². The van der Waals surface area contributed by atoms with Gasteiger partial charge in [0.05, 0.1) is 12.7 Å². The minimum absolute atomic E-state index is 0.183. The third-order valence-electron chi connectivity index (χ3n) is 4.86. The van der Waals surface area contributed by atoms with E-state index in [2.05, 4.69) is 0 Å². The molecule has 1 aliphatic rings. The summed E-state index contributed by atoms with van der Waals surface area (Å²) in [6.45, 7) is -1.28. The molecule has 0 aliphatic heterocycles. The zero-order chi connectivity index (χ0) is 20.3. The lowest BCUT2D eigenvalue weighted by Gasteiger charge is -2.46. The lowest BCUT2D eigenvalue weighted by molar-refractivity contribution is -0.462. The number of Topliss-reactive ketones (excluding diaryl/α,β-unsaturated/α-hetero) is 1. The van der Waals surface area contributed by atoms with Gasteiger partial charge in [-0.15, -0.1) is 0 Å². The minimum Gasteiger partial charge on any atom is -0.393 e. The van der Waals surface area contributed by atoms with Crippen molar-refractivity contribution in [1.29, 1.82) is 0 Å². The van der Waals surface area contributed by atoms with Crippen LogP contribution in [-0.2, 0) is 4.74 Å². The van der Waals surface area contributed by atoms with E-state index in [1.807, 2.05) is 0 Å². The van der Waals surface area contributed by atoms with Crippen LogP contribution in [0, 0.1) is 0 Å². The number of benzene rings is 1.